The van der Waals surface area contributed by atoms with Crippen LogP contribution in [0.4, 0.5) is 9.18 Å². The Bertz CT molecular complexity index is 349. The van der Waals surface area contributed by atoms with Crippen LogP contribution < -0.4 is 10.6 Å². The van der Waals surface area contributed by atoms with E-state index >= 15 is 0 Å². The normalized spacial score (nSPS) is 26.4. The number of hydrogen-bond donors (Lipinski definition) is 3. The first kappa shape index (κ1) is 15.4. The van der Waals surface area contributed by atoms with Gasteiger partial charge in [-0.15, -0.1) is 0 Å². The average Bonchev–Trinajstić information content (AvgIpc) is 2.69. The molecule has 0 aromatic heterocycles. The number of amides is 3. The van der Waals surface area contributed by atoms with E-state index in [1.54, 1.807) is 6.92 Å². The van der Waals surface area contributed by atoms with Gasteiger partial charge in [0.25, 0.3) is 5.91 Å². The number of halogens is 1. The molecule has 0 aliphatic heterocycles. The Labute approximate surface area is 111 Å². The molecule has 3 atom stereocenters. The van der Waals surface area contributed by atoms with Crippen LogP contribution in [0.15, 0.2) is 12.3 Å². The molecule has 0 radical (unpaired) electrons. The highest BCUT2D eigenvalue weighted by molar-refractivity contribution is 6.00. The van der Waals surface area contributed by atoms with Gasteiger partial charge in [-0.1, -0.05) is 0 Å². The molecule has 0 saturated heterocycles. The van der Waals surface area contributed by atoms with Gasteiger partial charge in [-0.2, -0.15) is 0 Å². The number of hydrogen-bond acceptors (Lipinski definition) is 4. The van der Waals surface area contributed by atoms with E-state index in [0.717, 1.165) is 6.08 Å². The highest BCUT2D eigenvalue weighted by Crippen LogP contribution is 2.28. The van der Waals surface area contributed by atoms with Gasteiger partial charge in [-0.05, 0) is 19.8 Å². The monoisotopic (exact) mass is 274 g/mol. The molecule has 6 nitrogen and oxygen atoms in total. The van der Waals surface area contributed by atoms with Crippen molar-refractivity contribution in [1.82, 2.24) is 10.6 Å². The van der Waals surface area contributed by atoms with Crippen LogP contribution >= 0.6 is 0 Å². The second-order valence-corrected chi connectivity index (χ2v) is 4.35. The summed E-state index contributed by atoms with van der Waals surface area (Å²) in [5, 5.41) is 13.5. The summed E-state index contributed by atoms with van der Waals surface area (Å²) >= 11 is 0. The van der Waals surface area contributed by atoms with Crippen LogP contribution in [0.3, 0.4) is 0 Å². The molecule has 0 bridgehead atoms. The fraction of sp³-hybridized carbons (Fsp3) is 0.667. The van der Waals surface area contributed by atoms with E-state index in [0.29, 0.717) is 13.0 Å². The third-order valence-corrected chi connectivity index (χ3v) is 2.90. The predicted molar refractivity (Wildman–Crippen MR) is 65.9 cm³/mol. The second-order valence-electron chi connectivity index (χ2n) is 4.35. The summed E-state index contributed by atoms with van der Waals surface area (Å²) in [6.07, 6.45) is 1.68. The lowest BCUT2D eigenvalue weighted by atomic mass is 10.1. The van der Waals surface area contributed by atoms with Crippen LogP contribution in [0.1, 0.15) is 19.8 Å². The molecule has 7 heteroatoms. The van der Waals surface area contributed by atoms with E-state index in [1.807, 2.05) is 0 Å². The fourth-order valence-electron chi connectivity index (χ4n) is 1.96. The second kappa shape index (κ2) is 7.73. The molecule has 1 fully saturated rings. The molecular weight excluding hydrogens is 255 g/mol. The molecule has 0 aromatic carbocycles. The van der Waals surface area contributed by atoms with Crippen molar-refractivity contribution in [2.24, 2.45) is 5.92 Å². The summed E-state index contributed by atoms with van der Waals surface area (Å²) in [4.78, 5) is 22.7. The zero-order chi connectivity index (χ0) is 14.3. The highest BCUT2D eigenvalue weighted by atomic mass is 19.1. The molecule has 1 saturated carbocycles. The van der Waals surface area contributed by atoms with Crippen molar-refractivity contribution in [2.75, 3.05) is 13.2 Å². The van der Waals surface area contributed by atoms with Gasteiger partial charge in [-0.25, -0.2) is 9.18 Å². The number of carbonyl (C=O) groups is 2. The first-order chi connectivity index (χ1) is 9.06. The Morgan fingerprint density at radius 3 is 2.79 bits per heavy atom. The minimum absolute atomic E-state index is 0.154. The predicted octanol–water partition coefficient (Wildman–Crippen LogP) is 0.471. The Hall–Kier alpha value is -1.63. The van der Waals surface area contributed by atoms with Crippen LogP contribution in [-0.4, -0.2) is 42.5 Å². The molecular formula is C12H19FN2O4. The maximum atomic E-state index is 13.3. The van der Waals surface area contributed by atoms with Crippen LogP contribution in [0.5, 0.6) is 0 Å². The summed E-state index contributed by atoms with van der Waals surface area (Å²) in [5.74, 6) is -1.06. The van der Waals surface area contributed by atoms with Gasteiger partial charge in [0.15, 0.2) is 0 Å². The zero-order valence-electron chi connectivity index (χ0n) is 10.8. The first-order valence-electron chi connectivity index (χ1n) is 6.21. The Morgan fingerprint density at radius 2 is 2.21 bits per heavy atom. The molecule has 0 heterocycles. The SMILES string of the molecule is CCO/C=C/C(=O)NC(=O)N[C@@H]1C[C@H](CO)[C@@H](F)C1. The topological polar surface area (TPSA) is 87.7 Å². The summed E-state index contributed by atoms with van der Waals surface area (Å²) in [7, 11) is 0. The molecule has 1 aliphatic rings. The van der Waals surface area contributed by atoms with E-state index in [2.05, 4.69) is 10.6 Å². The first-order valence-corrected chi connectivity index (χ1v) is 6.21. The molecule has 1 rings (SSSR count). The molecule has 0 unspecified atom stereocenters. The van der Waals surface area contributed by atoms with E-state index in [1.165, 1.54) is 6.26 Å². The number of alkyl halides is 1. The van der Waals surface area contributed by atoms with Gasteiger partial charge in [-0.3, -0.25) is 10.1 Å². The van der Waals surface area contributed by atoms with Gasteiger partial charge >= 0.3 is 6.03 Å². The van der Waals surface area contributed by atoms with Gasteiger partial charge < -0.3 is 15.2 Å². The van der Waals surface area contributed by atoms with Crippen molar-refractivity contribution in [1.29, 1.82) is 0 Å². The molecule has 1 aliphatic carbocycles. The van der Waals surface area contributed by atoms with Gasteiger partial charge in [0, 0.05) is 24.6 Å². The number of ether oxygens (including phenoxy) is 1. The number of urea groups is 1. The number of imide groups is 1. The van der Waals surface area contributed by atoms with E-state index in [9.17, 15) is 14.0 Å². The third-order valence-electron chi connectivity index (χ3n) is 2.90. The Balaban J connectivity index is 2.30. The quantitative estimate of drug-likeness (QED) is 0.502. The standard InChI is InChI=1S/C12H19FN2O4/c1-2-19-4-3-11(17)15-12(18)14-9-5-8(7-16)10(13)6-9/h3-4,8-10,16H,2,5-7H2,1H3,(H2,14,15,17,18)/b4-3+/t8-,9-,10+/m1/s1. The van der Waals surface area contributed by atoms with Gasteiger partial charge in [0.2, 0.25) is 0 Å². The van der Waals surface area contributed by atoms with Crippen molar-refractivity contribution < 1.29 is 23.8 Å². The number of aliphatic hydroxyl groups excluding tert-OH is 1. The van der Waals surface area contributed by atoms with Crippen molar-refractivity contribution in [3.63, 3.8) is 0 Å². The van der Waals surface area contributed by atoms with Crippen LogP contribution in [0.25, 0.3) is 0 Å². The number of aliphatic hydroxyl groups is 1. The van der Waals surface area contributed by atoms with Crippen molar-refractivity contribution in [3.8, 4) is 0 Å². The molecule has 3 amide bonds. The number of rotatable bonds is 5. The number of carbonyl (C=O) groups excluding carboxylic acids is 2. The Kier molecular flexibility index (Phi) is 6.27. The lowest BCUT2D eigenvalue weighted by molar-refractivity contribution is -0.115. The molecule has 19 heavy (non-hydrogen) atoms. The van der Waals surface area contributed by atoms with Crippen molar-refractivity contribution in [3.05, 3.63) is 12.3 Å². The molecule has 108 valence electrons. The largest absolute Gasteiger partial charge is 0.501 e. The van der Waals surface area contributed by atoms with E-state index in [4.69, 9.17) is 9.84 Å². The smallest absolute Gasteiger partial charge is 0.321 e. The van der Waals surface area contributed by atoms with Gasteiger partial charge in [0.05, 0.1) is 12.9 Å². The summed E-state index contributed by atoms with van der Waals surface area (Å²) in [5.41, 5.74) is 0. The average molecular weight is 274 g/mol. The molecule has 0 aromatic rings. The maximum Gasteiger partial charge on any atom is 0.321 e. The highest BCUT2D eigenvalue weighted by Gasteiger charge is 2.34. The minimum Gasteiger partial charge on any atom is -0.501 e. The maximum absolute atomic E-state index is 13.3. The number of nitrogens with one attached hydrogen (secondary N) is 2. The van der Waals surface area contributed by atoms with Crippen LogP contribution in [0.2, 0.25) is 0 Å². The van der Waals surface area contributed by atoms with Crippen molar-refractivity contribution >= 4 is 11.9 Å². The summed E-state index contributed by atoms with van der Waals surface area (Å²) < 4.78 is 18.1. The van der Waals surface area contributed by atoms with Gasteiger partial charge in [0.1, 0.15) is 6.17 Å². The summed E-state index contributed by atoms with van der Waals surface area (Å²) in [6.45, 7) is 1.95. The van der Waals surface area contributed by atoms with E-state index in [-0.39, 0.29) is 19.1 Å². The van der Waals surface area contributed by atoms with Crippen LogP contribution in [-0.2, 0) is 9.53 Å². The summed E-state index contributed by atoms with van der Waals surface area (Å²) in [6, 6.07) is -1.04. The van der Waals surface area contributed by atoms with E-state index < -0.39 is 24.0 Å². The lowest BCUT2D eigenvalue weighted by Crippen LogP contribution is -2.43. The van der Waals surface area contributed by atoms with Crippen LogP contribution in [0, 0.1) is 5.92 Å². The molecule has 0 spiro atoms. The minimum atomic E-state index is -1.12. The Morgan fingerprint density at radius 1 is 1.47 bits per heavy atom. The fourth-order valence-corrected chi connectivity index (χ4v) is 1.96. The van der Waals surface area contributed by atoms with Crippen molar-refractivity contribution in [2.45, 2.75) is 32.0 Å². The lowest BCUT2D eigenvalue weighted by Gasteiger charge is -2.11. The third kappa shape index (κ3) is 5.25. The zero-order valence-corrected chi connectivity index (χ0v) is 10.8. The molecule has 3 N–H and O–H groups in total.